The molecule has 0 heterocycles. The fourth-order valence-corrected chi connectivity index (χ4v) is 2.12. The Morgan fingerprint density at radius 2 is 1.81 bits per heavy atom. The molecule has 0 aromatic heterocycles. The van der Waals surface area contributed by atoms with Crippen molar-refractivity contribution < 1.29 is 9.53 Å². The van der Waals surface area contributed by atoms with E-state index in [9.17, 15) is 4.79 Å². The van der Waals surface area contributed by atoms with Gasteiger partial charge >= 0.3 is 0 Å². The molecule has 0 amide bonds. The van der Waals surface area contributed by atoms with Crippen molar-refractivity contribution in [2.45, 2.75) is 6.61 Å². The molecule has 0 aliphatic carbocycles. The van der Waals surface area contributed by atoms with Crippen molar-refractivity contribution >= 4 is 30.2 Å². The molecule has 0 bridgehead atoms. The van der Waals surface area contributed by atoms with Gasteiger partial charge in [0.05, 0.1) is 5.56 Å². The smallest absolute Gasteiger partial charge is 0.191 e. The highest BCUT2D eigenvalue weighted by atomic mass is 32.2. The summed E-state index contributed by atoms with van der Waals surface area (Å²) in [6.07, 6.45) is 3.39. The van der Waals surface area contributed by atoms with E-state index >= 15 is 0 Å². The van der Waals surface area contributed by atoms with Crippen LogP contribution < -0.4 is 4.74 Å². The lowest BCUT2D eigenvalue weighted by Crippen LogP contribution is -2.02. The molecule has 0 saturated carbocycles. The van der Waals surface area contributed by atoms with Crippen molar-refractivity contribution in [3.63, 3.8) is 0 Å². The zero-order valence-corrected chi connectivity index (χ0v) is 13.4. The Hall–Kier alpha value is -1.65. The molecule has 0 spiro atoms. The number of hydrogen-bond donors (Lipinski definition) is 1. The second-order valence-corrected chi connectivity index (χ2v) is 5.95. The summed E-state index contributed by atoms with van der Waals surface area (Å²) >= 11 is 5.65. The third-order valence-electron chi connectivity index (χ3n) is 2.85. The van der Waals surface area contributed by atoms with Crippen molar-refractivity contribution in [1.29, 1.82) is 0 Å². The number of carbonyl (C=O) groups is 1. The number of ketones is 1. The predicted molar refractivity (Wildman–Crippen MR) is 92.1 cm³/mol. The van der Waals surface area contributed by atoms with E-state index in [1.54, 1.807) is 12.1 Å². The molecule has 0 atom stereocenters. The number of hydrogen-bond acceptors (Lipinski definition) is 4. The van der Waals surface area contributed by atoms with E-state index in [1.165, 1.54) is 17.8 Å². The van der Waals surface area contributed by atoms with Gasteiger partial charge in [-0.15, -0.1) is 24.4 Å². The minimum atomic E-state index is -0.0991. The summed E-state index contributed by atoms with van der Waals surface area (Å²) in [6.45, 7) is 0.436. The number of benzene rings is 2. The Kier molecular flexibility index (Phi) is 5.96. The lowest BCUT2D eigenvalue weighted by atomic mass is 10.1. The molecule has 0 N–H and O–H groups in total. The Bertz CT molecular complexity index is 636. The lowest BCUT2D eigenvalue weighted by molar-refractivity contribution is 0.104. The van der Waals surface area contributed by atoms with E-state index in [4.69, 9.17) is 4.74 Å². The zero-order chi connectivity index (χ0) is 15.1. The SMILES string of the molecule is CS/C(S)=C/C(=O)c1ccccc1OCc1ccccc1. The molecule has 2 aromatic carbocycles. The molecule has 4 heteroatoms. The first kappa shape index (κ1) is 15.7. The number of ether oxygens (including phenoxy) is 1. The molecule has 2 rings (SSSR count). The van der Waals surface area contributed by atoms with Crippen molar-refractivity contribution in [1.82, 2.24) is 0 Å². The molecule has 0 aliphatic rings. The van der Waals surface area contributed by atoms with Crippen molar-refractivity contribution in [2.75, 3.05) is 6.26 Å². The number of thiol groups is 1. The first-order valence-corrected chi connectivity index (χ1v) is 8.12. The average Bonchev–Trinajstić information content (AvgIpc) is 2.54. The van der Waals surface area contributed by atoms with Crippen LogP contribution in [0.4, 0.5) is 0 Å². The minimum Gasteiger partial charge on any atom is -0.488 e. The summed E-state index contributed by atoms with van der Waals surface area (Å²) in [5.74, 6) is 0.489. The second kappa shape index (κ2) is 7.96. The lowest BCUT2D eigenvalue weighted by Gasteiger charge is -2.10. The Labute approximate surface area is 134 Å². The largest absolute Gasteiger partial charge is 0.488 e. The molecule has 2 aromatic rings. The highest BCUT2D eigenvalue weighted by molar-refractivity contribution is 8.15. The van der Waals surface area contributed by atoms with Crippen LogP contribution in [0.1, 0.15) is 15.9 Å². The summed E-state index contributed by atoms with van der Waals surface area (Å²) in [4.78, 5) is 12.2. The van der Waals surface area contributed by atoms with E-state index < -0.39 is 0 Å². The van der Waals surface area contributed by atoms with Crippen molar-refractivity contribution in [3.05, 3.63) is 76.0 Å². The Balaban J connectivity index is 2.15. The van der Waals surface area contributed by atoms with E-state index in [0.717, 1.165) is 5.56 Å². The Morgan fingerprint density at radius 1 is 1.14 bits per heavy atom. The van der Waals surface area contributed by atoms with Crippen LogP contribution in [0.5, 0.6) is 5.75 Å². The monoisotopic (exact) mass is 316 g/mol. The van der Waals surface area contributed by atoms with Gasteiger partial charge in [0.1, 0.15) is 12.4 Å². The fraction of sp³-hybridized carbons (Fsp3) is 0.118. The topological polar surface area (TPSA) is 26.3 Å². The number of rotatable bonds is 6. The number of carbonyl (C=O) groups excluding carboxylic acids is 1. The minimum absolute atomic E-state index is 0.0991. The van der Waals surface area contributed by atoms with Gasteiger partial charge in [0.2, 0.25) is 0 Å². The van der Waals surface area contributed by atoms with E-state index in [1.807, 2.05) is 48.7 Å². The van der Waals surface area contributed by atoms with Crippen LogP contribution in [-0.4, -0.2) is 12.0 Å². The quantitative estimate of drug-likeness (QED) is 0.480. The van der Waals surface area contributed by atoms with Gasteiger partial charge in [-0.2, -0.15) is 0 Å². The number of para-hydroxylation sites is 1. The third-order valence-corrected chi connectivity index (χ3v) is 4.07. The molecule has 0 unspecified atom stereocenters. The molecule has 0 fully saturated rings. The number of allylic oxidation sites excluding steroid dienone is 1. The maximum absolute atomic E-state index is 12.2. The molecule has 2 nitrogen and oxygen atoms in total. The highest BCUT2D eigenvalue weighted by Crippen LogP contribution is 2.23. The summed E-state index contributed by atoms with van der Waals surface area (Å²) in [5, 5.41) is 0. The van der Waals surface area contributed by atoms with E-state index in [2.05, 4.69) is 12.6 Å². The van der Waals surface area contributed by atoms with E-state index in [-0.39, 0.29) is 5.78 Å². The van der Waals surface area contributed by atoms with Crippen molar-refractivity contribution in [3.8, 4) is 5.75 Å². The average molecular weight is 316 g/mol. The van der Waals surface area contributed by atoms with Crippen LogP contribution in [0.15, 0.2) is 64.9 Å². The van der Waals surface area contributed by atoms with Gasteiger partial charge in [0.25, 0.3) is 0 Å². The van der Waals surface area contributed by atoms with Gasteiger partial charge in [0.15, 0.2) is 5.78 Å². The van der Waals surface area contributed by atoms with Gasteiger partial charge in [-0.3, -0.25) is 4.79 Å². The van der Waals surface area contributed by atoms with E-state index in [0.29, 0.717) is 22.2 Å². The predicted octanol–water partition coefficient (Wildman–Crippen LogP) is 4.58. The number of thioether (sulfide) groups is 1. The fourth-order valence-electron chi connectivity index (χ4n) is 1.78. The van der Waals surface area contributed by atoms with Crippen LogP contribution >= 0.6 is 24.4 Å². The zero-order valence-electron chi connectivity index (χ0n) is 11.7. The van der Waals surface area contributed by atoms with Crippen molar-refractivity contribution in [2.24, 2.45) is 0 Å². The van der Waals surface area contributed by atoms with Crippen LogP contribution in [0, 0.1) is 0 Å². The van der Waals surface area contributed by atoms with Gasteiger partial charge in [-0.25, -0.2) is 0 Å². The highest BCUT2D eigenvalue weighted by Gasteiger charge is 2.10. The van der Waals surface area contributed by atoms with Crippen LogP contribution in [-0.2, 0) is 6.61 Å². The molecule has 0 saturated heterocycles. The molecule has 0 radical (unpaired) electrons. The third kappa shape index (κ3) is 4.69. The van der Waals surface area contributed by atoms with Crippen LogP contribution in [0.25, 0.3) is 0 Å². The summed E-state index contributed by atoms with van der Waals surface area (Å²) in [7, 11) is 0. The van der Waals surface area contributed by atoms with Gasteiger partial charge in [0, 0.05) is 10.3 Å². The maximum Gasteiger partial charge on any atom is 0.191 e. The van der Waals surface area contributed by atoms with Crippen LogP contribution in [0.2, 0.25) is 0 Å². The summed E-state index contributed by atoms with van der Waals surface area (Å²) < 4.78 is 6.46. The van der Waals surface area contributed by atoms with Gasteiger partial charge in [-0.05, 0) is 24.0 Å². The molecular weight excluding hydrogens is 300 g/mol. The summed E-state index contributed by atoms with van der Waals surface area (Å²) in [6, 6.07) is 17.1. The molecular formula is C17H16O2S2. The Morgan fingerprint density at radius 3 is 2.52 bits per heavy atom. The standard InChI is InChI=1S/C17H16O2S2/c1-21-17(20)11-15(18)14-9-5-6-10-16(14)19-12-13-7-3-2-4-8-13/h2-11,20H,12H2,1H3/b17-11+. The molecule has 21 heavy (non-hydrogen) atoms. The molecule has 0 aliphatic heterocycles. The first-order valence-electron chi connectivity index (χ1n) is 6.45. The van der Waals surface area contributed by atoms with Crippen LogP contribution in [0.3, 0.4) is 0 Å². The van der Waals surface area contributed by atoms with Gasteiger partial charge < -0.3 is 4.74 Å². The maximum atomic E-state index is 12.2. The molecule has 108 valence electrons. The van der Waals surface area contributed by atoms with Gasteiger partial charge in [-0.1, -0.05) is 42.5 Å². The normalized spacial score (nSPS) is 11.2. The second-order valence-electron chi connectivity index (χ2n) is 4.32. The first-order chi connectivity index (χ1) is 10.2. The summed E-state index contributed by atoms with van der Waals surface area (Å²) in [5.41, 5.74) is 1.61.